The molecule has 3 saturated carbocycles. The zero-order valence-corrected chi connectivity index (χ0v) is 21.7. The van der Waals surface area contributed by atoms with Crippen molar-refractivity contribution < 1.29 is 13.8 Å². The predicted octanol–water partition coefficient (Wildman–Crippen LogP) is 2.92. The molecule has 1 unspecified atom stereocenters. The summed E-state index contributed by atoms with van der Waals surface area (Å²) in [7, 11) is -1.29. The van der Waals surface area contributed by atoms with Crippen molar-refractivity contribution in [2.24, 2.45) is 39.9 Å². The first-order valence-electron chi connectivity index (χ1n) is 14.0. The van der Waals surface area contributed by atoms with E-state index in [-0.39, 0.29) is 23.7 Å². The second-order valence-corrected chi connectivity index (χ2v) is 13.0. The van der Waals surface area contributed by atoms with Crippen LogP contribution < -0.4 is 0 Å². The monoisotopic (exact) mass is 508 g/mol. The summed E-state index contributed by atoms with van der Waals surface area (Å²) in [5, 5.41) is 0. The summed E-state index contributed by atoms with van der Waals surface area (Å²) in [4.78, 5) is 33.9. The van der Waals surface area contributed by atoms with Crippen molar-refractivity contribution in [3.8, 4) is 0 Å². The molecule has 0 aromatic heterocycles. The molecule has 1 aromatic rings. The number of likely N-dealkylation sites (tertiary alicyclic amines) is 1. The molecule has 6 aliphatic rings. The minimum Gasteiger partial charge on any atom is -0.353 e. The van der Waals surface area contributed by atoms with E-state index in [0.717, 1.165) is 74.7 Å². The standard InChI is InChI=1S/C28H36N4O3S/c33-27-24-18-9-10-19(15-18)25(24)28(34)32(27)17-21-6-2-1-5-20(21)16-30-11-13-31(14-12-30)26-22-7-3-4-8-23(22)36(35)29-26/h3-4,7-8,18-21,24-25H,1-2,5-6,9-17H2/t18-,19+,20-,21-,24+,25-,36?/m0/s1. The largest absolute Gasteiger partial charge is 0.353 e. The van der Waals surface area contributed by atoms with Gasteiger partial charge in [0, 0.05) is 44.8 Å². The Bertz CT molecular complexity index is 1100. The first-order chi connectivity index (χ1) is 17.6. The molecule has 1 aromatic carbocycles. The maximum absolute atomic E-state index is 13.3. The van der Waals surface area contributed by atoms with Crippen LogP contribution in [0, 0.1) is 35.5 Å². The van der Waals surface area contributed by atoms with Gasteiger partial charge in [-0.15, -0.1) is 0 Å². The molecule has 3 aliphatic heterocycles. The van der Waals surface area contributed by atoms with Gasteiger partial charge < -0.3 is 4.90 Å². The fourth-order valence-corrected chi connectivity index (χ4v) is 9.34. The van der Waals surface area contributed by atoms with E-state index >= 15 is 0 Å². The summed E-state index contributed by atoms with van der Waals surface area (Å²) in [6.07, 6.45) is 8.17. The summed E-state index contributed by atoms with van der Waals surface area (Å²) in [6, 6.07) is 7.85. The van der Waals surface area contributed by atoms with Crippen molar-refractivity contribution in [3.63, 3.8) is 0 Å². The Morgan fingerprint density at radius 1 is 0.833 bits per heavy atom. The lowest BCUT2D eigenvalue weighted by molar-refractivity contribution is -0.142. The van der Waals surface area contributed by atoms with Gasteiger partial charge in [0.15, 0.2) is 11.0 Å². The molecule has 5 fully saturated rings. The lowest BCUT2D eigenvalue weighted by atomic mass is 9.78. The van der Waals surface area contributed by atoms with E-state index in [1.165, 1.54) is 19.3 Å². The van der Waals surface area contributed by atoms with Crippen molar-refractivity contribution in [2.45, 2.75) is 49.8 Å². The first-order valence-corrected chi connectivity index (χ1v) is 15.1. The number of carbonyl (C=O) groups excluding carboxylic acids is 2. The van der Waals surface area contributed by atoms with Gasteiger partial charge in [0.05, 0.1) is 16.7 Å². The molecule has 0 spiro atoms. The maximum Gasteiger partial charge on any atom is 0.233 e. The fraction of sp³-hybridized carbons (Fsp3) is 0.679. The van der Waals surface area contributed by atoms with E-state index in [1.807, 2.05) is 24.3 Å². The lowest BCUT2D eigenvalue weighted by Gasteiger charge is -2.41. The smallest absolute Gasteiger partial charge is 0.233 e. The Morgan fingerprint density at radius 2 is 1.47 bits per heavy atom. The highest BCUT2D eigenvalue weighted by atomic mass is 32.2. The summed E-state index contributed by atoms with van der Waals surface area (Å²) < 4.78 is 16.9. The average Bonchev–Trinajstić information content (AvgIpc) is 3.66. The molecule has 0 N–H and O–H groups in total. The van der Waals surface area contributed by atoms with Crippen LogP contribution in [-0.4, -0.2) is 75.8 Å². The van der Waals surface area contributed by atoms with E-state index in [4.69, 9.17) is 0 Å². The Balaban J connectivity index is 0.980. The molecule has 2 bridgehead atoms. The number of imide groups is 1. The molecular formula is C28H36N4O3S. The number of hydrogen-bond acceptors (Lipinski definition) is 5. The van der Waals surface area contributed by atoms with Gasteiger partial charge >= 0.3 is 0 Å². The van der Waals surface area contributed by atoms with Crippen molar-refractivity contribution >= 4 is 28.6 Å². The fourth-order valence-electron chi connectivity index (χ4n) is 8.33. The van der Waals surface area contributed by atoms with Crippen LogP contribution in [0.2, 0.25) is 0 Å². The van der Waals surface area contributed by atoms with E-state index in [9.17, 15) is 13.8 Å². The molecule has 3 heterocycles. The average molecular weight is 509 g/mol. The maximum atomic E-state index is 13.3. The van der Waals surface area contributed by atoms with Gasteiger partial charge in [0.2, 0.25) is 11.8 Å². The zero-order chi connectivity index (χ0) is 24.4. The SMILES string of the molecule is O=C1[C@@H]2[C@H]3CC[C@H](C3)[C@@H]2C(=O)N1C[C@@H]1CCCC[C@H]1CN1CCN(C2=NS(=O)c3ccccc32)CC1. The number of carbonyl (C=O) groups is 2. The molecule has 8 heteroatoms. The highest BCUT2D eigenvalue weighted by molar-refractivity contribution is 7.84. The highest BCUT2D eigenvalue weighted by Gasteiger charge is 2.61. The van der Waals surface area contributed by atoms with Crippen LogP contribution in [0.5, 0.6) is 0 Å². The molecule has 7 nitrogen and oxygen atoms in total. The minimum absolute atomic E-state index is 0.00401. The lowest BCUT2D eigenvalue weighted by Crippen LogP contribution is -2.51. The predicted molar refractivity (Wildman–Crippen MR) is 137 cm³/mol. The molecule has 7 rings (SSSR count). The quantitative estimate of drug-likeness (QED) is 0.585. The second kappa shape index (κ2) is 9.05. The third-order valence-corrected chi connectivity index (χ3v) is 11.2. The van der Waals surface area contributed by atoms with Crippen LogP contribution in [0.15, 0.2) is 33.6 Å². The first kappa shape index (κ1) is 23.1. The number of amides is 2. The molecular weight excluding hydrogens is 472 g/mol. The number of fused-ring (bicyclic) bond motifs is 6. The number of benzene rings is 1. The Kier molecular flexibility index (Phi) is 5.80. The molecule has 2 saturated heterocycles. The highest BCUT2D eigenvalue weighted by Crippen LogP contribution is 2.56. The van der Waals surface area contributed by atoms with Crippen LogP contribution in [0.25, 0.3) is 0 Å². The Morgan fingerprint density at radius 3 is 2.17 bits per heavy atom. The van der Waals surface area contributed by atoms with Crippen LogP contribution in [-0.2, 0) is 20.6 Å². The van der Waals surface area contributed by atoms with Gasteiger partial charge in [-0.25, -0.2) is 4.21 Å². The molecule has 3 aliphatic carbocycles. The zero-order valence-electron chi connectivity index (χ0n) is 20.9. The molecule has 7 atom stereocenters. The number of amidine groups is 1. The normalized spacial score (nSPS) is 38.0. The Hall–Kier alpha value is -2.06. The van der Waals surface area contributed by atoms with E-state index in [0.29, 0.717) is 30.2 Å². The van der Waals surface area contributed by atoms with Gasteiger partial charge in [0.1, 0.15) is 5.84 Å². The van der Waals surface area contributed by atoms with E-state index in [2.05, 4.69) is 14.2 Å². The van der Waals surface area contributed by atoms with Crippen molar-refractivity contribution in [1.29, 1.82) is 0 Å². The van der Waals surface area contributed by atoms with Crippen molar-refractivity contribution in [1.82, 2.24) is 14.7 Å². The third kappa shape index (κ3) is 3.70. The topological polar surface area (TPSA) is 73.3 Å². The van der Waals surface area contributed by atoms with Crippen molar-refractivity contribution in [2.75, 3.05) is 39.3 Å². The molecule has 2 amide bonds. The van der Waals surface area contributed by atoms with E-state index < -0.39 is 11.0 Å². The Labute approximate surface area is 215 Å². The molecule has 36 heavy (non-hydrogen) atoms. The van der Waals surface area contributed by atoms with Crippen LogP contribution >= 0.6 is 0 Å². The molecule has 192 valence electrons. The van der Waals surface area contributed by atoms with Crippen molar-refractivity contribution in [3.05, 3.63) is 29.8 Å². The third-order valence-electron chi connectivity index (χ3n) is 10.2. The summed E-state index contributed by atoms with van der Waals surface area (Å²) >= 11 is 0. The summed E-state index contributed by atoms with van der Waals surface area (Å²) in [6.45, 7) is 5.39. The number of rotatable bonds is 4. The minimum atomic E-state index is -1.29. The van der Waals surface area contributed by atoms with Gasteiger partial charge in [-0.1, -0.05) is 25.0 Å². The van der Waals surface area contributed by atoms with Gasteiger partial charge in [-0.05, 0) is 67.9 Å². The van der Waals surface area contributed by atoms with Crippen LogP contribution in [0.1, 0.15) is 50.5 Å². The number of nitrogens with zero attached hydrogens (tertiary/aromatic N) is 4. The van der Waals surface area contributed by atoms with Gasteiger partial charge in [-0.3, -0.25) is 19.4 Å². The number of piperazine rings is 1. The number of hydrogen-bond donors (Lipinski definition) is 0. The van der Waals surface area contributed by atoms with Gasteiger partial charge in [0.25, 0.3) is 0 Å². The molecule has 0 radical (unpaired) electrons. The second-order valence-electron chi connectivity index (χ2n) is 11.9. The van der Waals surface area contributed by atoms with Crippen LogP contribution in [0.4, 0.5) is 0 Å². The van der Waals surface area contributed by atoms with Crippen LogP contribution in [0.3, 0.4) is 0 Å². The van der Waals surface area contributed by atoms with Gasteiger partial charge in [-0.2, -0.15) is 4.40 Å². The summed E-state index contributed by atoms with van der Waals surface area (Å²) in [5.41, 5.74) is 1.01. The van der Waals surface area contributed by atoms with E-state index in [1.54, 1.807) is 4.90 Å². The summed E-state index contributed by atoms with van der Waals surface area (Å²) in [5.74, 6) is 3.10.